The molecule has 1 aliphatic heterocycles. The van der Waals surface area contributed by atoms with Gasteiger partial charge in [0.15, 0.2) is 17.3 Å². The predicted molar refractivity (Wildman–Crippen MR) is 92.2 cm³/mol. The summed E-state index contributed by atoms with van der Waals surface area (Å²) in [7, 11) is 0. The van der Waals surface area contributed by atoms with Crippen molar-refractivity contribution in [1.29, 1.82) is 0 Å². The molecule has 1 aliphatic rings. The SMILES string of the molecule is NCCCCn1c(-c2ccccn2)nc2cc3c(cc21)OCCO3. The van der Waals surface area contributed by atoms with Crippen LogP contribution in [0.15, 0.2) is 36.5 Å². The molecule has 6 heteroatoms. The van der Waals surface area contributed by atoms with Crippen molar-refractivity contribution in [3.8, 4) is 23.0 Å². The van der Waals surface area contributed by atoms with Crippen molar-refractivity contribution in [2.45, 2.75) is 19.4 Å². The normalized spacial score (nSPS) is 13.4. The van der Waals surface area contributed by atoms with Crippen LogP contribution in [0.25, 0.3) is 22.6 Å². The van der Waals surface area contributed by atoms with Crippen LogP contribution >= 0.6 is 0 Å². The van der Waals surface area contributed by atoms with Gasteiger partial charge in [-0.1, -0.05) is 6.07 Å². The van der Waals surface area contributed by atoms with E-state index in [0.717, 1.165) is 53.4 Å². The van der Waals surface area contributed by atoms with Crippen molar-refractivity contribution in [3.05, 3.63) is 36.5 Å². The maximum Gasteiger partial charge on any atom is 0.163 e. The Bertz CT molecular complexity index is 845. The summed E-state index contributed by atoms with van der Waals surface area (Å²) in [6, 6.07) is 9.84. The number of benzene rings is 1. The molecule has 0 fully saturated rings. The average Bonchev–Trinajstić information content (AvgIpc) is 2.98. The zero-order valence-corrected chi connectivity index (χ0v) is 13.4. The summed E-state index contributed by atoms with van der Waals surface area (Å²) in [5, 5.41) is 0. The Morgan fingerprint density at radius 2 is 1.92 bits per heavy atom. The molecule has 1 aromatic carbocycles. The van der Waals surface area contributed by atoms with Gasteiger partial charge in [-0.25, -0.2) is 4.98 Å². The van der Waals surface area contributed by atoms with Crippen LogP contribution in [-0.4, -0.2) is 34.3 Å². The Morgan fingerprint density at radius 3 is 2.67 bits per heavy atom. The van der Waals surface area contributed by atoms with Crippen LogP contribution in [0.2, 0.25) is 0 Å². The molecule has 0 unspecified atom stereocenters. The molecular formula is C18H20N4O2. The van der Waals surface area contributed by atoms with Crippen molar-refractivity contribution in [2.24, 2.45) is 5.73 Å². The topological polar surface area (TPSA) is 75.2 Å². The van der Waals surface area contributed by atoms with Crippen LogP contribution in [0.5, 0.6) is 11.5 Å². The highest BCUT2D eigenvalue weighted by atomic mass is 16.6. The first-order valence-electron chi connectivity index (χ1n) is 8.28. The van der Waals surface area contributed by atoms with E-state index in [1.165, 1.54) is 0 Å². The highest BCUT2D eigenvalue weighted by Crippen LogP contribution is 2.36. The summed E-state index contributed by atoms with van der Waals surface area (Å²) in [6.07, 6.45) is 3.76. The Kier molecular flexibility index (Phi) is 4.04. The largest absolute Gasteiger partial charge is 0.486 e. The number of unbranched alkanes of at least 4 members (excludes halogenated alkanes) is 1. The zero-order valence-electron chi connectivity index (χ0n) is 13.4. The predicted octanol–water partition coefficient (Wildman–Crippen LogP) is 2.61. The fourth-order valence-corrected chi connectivity index (χ4v) is 2.99. The minimum atomic E-state index is 0.572. The Labute approximate surface area is 140 Å². The van der Waals surface area contributed by atoms with E-state index in [1.807, 2.05) is 30.3 Å². The maximum absolute atomic E-state index is 5.73. The molecular weight excluding hydrogens is 304 g/mol. The number of imidazole rings is 1. The van der Waals surface area contributed by atoms with Gasteiger partial charge >= 0.3 is 0 Å². The third-order valence-electron chi connectivity index (χ3n) is 4.14. The first-order valence-corrected chi connectivity index (χ1v) is 8.28. The lowest BCUT2D eigenvalue weighted by molar-refractivity contribution is 0.172. The number of rotatable bonds is 5. The molecule has 2 aromatic heterocycles. The van der Waals surface area contributed by atoms with E-state index in [9.17, 15) is 0 Å². The molecule has 0 aliphatic carbocycles. The fraction of sp³-hybridized carbons (Fsp3) is 0.333. The summed E-state index contributed by atoms with van der Waals surface area (Å²) in [6.45, 7) is 2.69. The summed E-state index contributed by atoms with van der Waals surface area (Å²) in [5.41, 5.74) is 8.44. The van der Waals surface area contributed by atoms with Crippen LogP contribution in [0.3, 0.4) is 0 Å². The second-order valence-corrected chi connectivity index (χ2v) is 5.78. The molecule has 0 atom stereocenters. The number of hydrogen-bond donors (Lipinski definition) is 1. The lowest BCUT2D eigenvalue weighted by Gasteiger charge is -2.18. The van der Waals surface area contributed by atoms with Gasteiger partial charge in [-0.05, 0) is 31.5 Å². The highest BCUT2D eigenvalue weighted by Gasteiger charge is 2.19. The van der Waals surface area contributed by atoms with E-state index in [4.69, 9.17) is 20.2 Å². The second kappa shape index (κ2) is 6.49. The molecule has 3 aromatic rings. The molecule has 0 saturated carbocycles. The average molecular weight is 324 g/mol. The van der Waals surface area contributed by atoms with E-state index in [0.29, 0.717) is 19.8 Å². The van der Waals surface area contributed by atoms with Crippen molar-refractivity contribution in [3.63, 3.8) is 0 Å². The van der Waals surface area contributed by atoms with Gasteiger partial charge in [0.05, 0.1) is 11.0 Å². The number of aryl methyl sites for hydroxylation is 1. The van der Waals surface area contributed by atoms with Gasteiger partial charge < -0.3 is 19.8 Å². The molecule has 0 radical (unpaired) electrons. The first kappa shape index (κ1) is 15.0. The maximum atomic E-state index is 5.73. The summed E-state index contributed by atoms with van der Waals surface area (Å²) in [5.74, 6) is 2.40. The molecule has 6 nitrogen and oxygen atoms in total. The van der Waals surface area contributed by atoms with Crippen molar-refractivity contribution >= 4 is 11.0 Å². The van der Waals surface area contributed by atoms with Crippen LogP contribution in [0, 0.1) is 0 Å². The number of aromatic nitrogens is 3. The van der Waals surface area contributed by atoms with E-state index >= 15 is 0 Å². The van der Waals surface area contributed by atoms with Gasteiger partial charge in [-0.3, -0.25) is 4.98 Å². The zero-order chi connectivity index (χ0) is 16.4. The minimum Gasteiger partial charge on any atom is -0.486 e. The molecule has 0 spiro atoms. The van der Waals surface area contributed by atoms with Crippen molar-refractivity contribution in [2.75, 3.05) is 19.8 Å². The molecule has 0 bridgehead atoms. The monoisotopic (exact) mass is 324 g/mol. The lowest BCUT2D eigenvalue weighted by Crippen LogP contribution is -2.15. The van der Waals surface area contributed by atoms with E-state index < -0.39 is 0 Å². The number of hydrogen-bond acceptors (Lipinski definition) is 5. The van der Waals surface area contributed by atoms with Gasteiger partial charge in [-0.15, -0.1) is 0 Å². The summed E-state index contributed by atoms with van der Waals surface area (Å²) in [4.78, 5) is 9.26. The van der Waals surface area contributed by atoms with Crippen LogP contribution in [-0.2, 0) is 6.54 Å². The van der Waals surface area contributed by atoms with Gasteiger partial charge in [0.1, 0.15) is 18.9 Å². The van der Waals surface area contributed by atoms with Crippen LogP contribution < -0.4 is 15.2 Å². The molecule has 124 valence electrons. The molecule has 3 heterocycles. The number of nitrogens with two attached hydrogens (primary N) is 1. The minimum absolute atomic E-state index is 0.572. The highest BCUT2D eigenvalue weighted by molar-refractivity contribution is 5.83. The van der Waals surface area contributed by atoms with Crippen LogP contribution in [0.1, 0.15) is 12.8 Å². The Balaban J connectivity index is 1.85. The third kappa shape index (κ3) is 2.69. The fourth-order valence-electron chi connectivity index (χ4n) is 2.99. The van der Waals surface area contributed by atoms with Gasteiger partial charge in [0.2, 0.25) is 0 Å². The molecule has 0 saturated heterocycles. The number of nitrogens with zero attached hydrogens (tertiary/aromatic N) is 3. The first-order chi connectivity index (χ1) is 11.9. The van der Waals surface area contributed by atoms with Crippen molar-refractivity contribution in [1.82, 2.24) is 14.5 Å². The molecule has 4 rings (SSSR count). The summed E-state index contributed by atoms with van der Waals surface area (Å²) < 4.78 is 13.6. The van der Waals surface area contributed by atoms with E-state index in [-0.39, 0.29) is 0 Å². The van der Waals surface area contributed by atoms with E-state index in [2.05, 4.69) is 9.55 Å². The van der Waals surface area contributed by atoms with Crippen molar-refractivity contribution < 1.29 is 9.47 Å². The van der Waals surface area contributed by atoms with Gasteiger partial charge in [0.25, 0.3) is 0 Å². The molecule has 0 amide bonds. The van der Waals surface area contributed by atoms with E-state index in [1.54, 1.807) is 6.20 Å². The quantitative estimate of drug-likeness (QED) is 0.730. The lowest BCUT2D eigenvalue weighted by atomic mass is 10.2. The molecule has 24 heavy (non-hydrogen) atoms. The standard InChI is InChI=1S/C18H20N4O2/c19-6-2-4-8-22-15-12-17-16(23-9-10-24-17)11-14(15)21-18(22)13-5-1-3-7-20-13/h1,3,5,7,11-12H,2,4,6,8-10,19H2. The molecule has 2 N–H and O–H groups in total. The number of ether oxygens (including phenoxy) is 2. The summed E-state index contributed by atoms with van der Waals surface area (Å²) >= 11 is 0. The number of fused-ring (bicyclic) bond motifs is 2. The smallest absolute Gasteiger partial charge is 0.163 e. The third-order valence-corrected chi connectivity index (χ3v) is 4.14. The van der Waals surface area contributed by atoms with Gasteiger partial charge in [0, 0.05) is 24.9 Å². The number of pyridine rings is 1. The second-order valence-electron chi connectivity index (χ2n) is 5.78. The van der Waals surface area contributed by atoms with Gasteiger partial charge in [-0.2, -0.15) is 0 Å². The van der Waals surface area contributed by atoms with Crippen LogP contribution in [0.4, 0.5) is 0 Å². The Hall–Kier alpha value is -2.60. The Morgan fingerprint density at radius 1 is 1.08 bits per heavy atom.